The van der Waals surface area contributed by atoms with Gasteiger partial charge in [0.05, 0.1) is 12.7 Å². The Balaban J connectivity index is 1.25. The Kier molecular flexibility index (Phi) is 6.21. The number of para-hydroxylation sites is 1. The third-order valence-electron chi connectivity index (χ3n) is 6.70. The molecule has 3 aromatic rings. The molecule has 3 aromatic carbocycles. The molecular weight excluding hydrogens is 426 g/mol. The molecule has 1 unspecified atom stereocenters. The van der Waals surface area contributed by atoms with Gasteiger partial charge in [0.25, 0.3) is 5.91 Å². The molecule has 1 fully saturated rings. The highest BCUT2D eigenvalue weighted by Crippen LogP contribution is 2.32. The average molecular weight is 456 g/mol. The predicted octanol–water partition coefficient (Wildman–Crippen LogP) is 4.74. The lowest BCUT2D eigenvalue weighted by molar-refractivity contribution is 0.0695. The molecule has 0 spiro atoms. The second-order valence-corrected chi connectivity index (χ2v) is 8.85. The molecule has 2 aliphatic rings. The number of nitrogens with one attached hydrogen (secondary N) is 1. The van der Waals surface area contributed by atoms with E-state index in [1.54, 1.807) is 19.2 Å². The van der Waals surface area contributed by atoms with Crippen LogP contribution in [0, 0.1) is 0 Å². The third-order valence-corrected chi connectivity index (χ3v) is 6.70. The number of ether oxygens (including phenoxy) is 1. The van der Waals surface area contributed by atoms with Crippen molar-refractivity contribution in [2.45, 2.75) is 25.3 Å². The Morgan fingerprint density at radius 1 is 0.941 bits per heavy atom. The van der Waals surface area contributed by atoms with Gasteiger partial charge in [0.2, 0.25) is 0 Å². The number of carbonyl (C=O) groups is 2. The Bertz CT molecular complexity index is 1190. The quantitative estimate of drug-likeness (QED) is 0.618. The molecule has 0 bridgehead atoms. The van der Waals surface area contributed by atoms with Crippen molar-refractivity contribution in [3.8, 4) is 16.9 Å². The number of hydrogen-bond donors (Lipinski definition) is 1. The number of fused-ring (bicyclic) bond motifs is 1. The lowest BCUT2D eigenvalue weighted by atomic mass is 10.0. The van der Waals surface area contributed by atoms with E-state index in [2.05, 4.69) is 29.6 Å². The van der Waals surface area contributed by atoms with Crippen LogP contribution >= 0.6 is 0 Å². The number of rotatable bonds is 4. The van der Waals surface area contributed by atoms with E-state index < -0.39 is 0 Å². The van der Waals surface area contributed by atoms with Crippen molar-refractivity contribution >= 4 is 17.6 Å². The number of carbonyl (C=O) groups excluding carboxylic acids is 2. The molecule has 0 aliphatic carbocycles. The van der Waals surface area contributed by atoms with Crippen molar-refractivity contribution in [1.29, 1.82) is 0 Å². The van der Waals surface area contributed by atoms with Crippen molar-refractivity contribution in [3.63, 3.8) is 0 Å². The second-order valence-electron chi connectivity index (χ2n) is 8.85. The number of piperidine rings is 1. The van der Waals surface area contributed by atoms with E-state index in [0.29, 0.717) is 30.9 Å². The Morgan fingerprint density at radius 3 is 2.56 bits per heavy atom. The van der Waals surface area contributed by atoms with E-state index in [9.17, 15) is 9.59 Å². The standard InChI is InChI=1S/C28H29N3O3/c1-34-26-12-6-5-11-24(26)27(32)30-16-7-10-23(19-30)29-28(33)31-17-15-22-18-21(13-14-25(22)31)20-8-3-2-4-9-20/h2-6,8-9,11-14,18,23H,7,10,15-17,19H2,1H3,(H,29,33). The second kappa shape index (κ2) is 9.59. The lowest BCUT2D eigenvalue weighted by Gasteiger charge is -2.34. The van der Waals surface area contributed by atoms with Crippen LogP contribution < -0.4 is 15.0 Å². The minimum Gasteiger partial charge on any atom is -0.496 e. The molecule has 2 aliphatic heterocycles. The summed E-state index contributed by atoms with van der Waals surface area (Å²) < 4.78 is 5.36. The summed E-state index contributed by atoms with van der Waals surface area (Å²) in [5.74, 6) is 0.513. The summed E-state index contributed by atoms with van der Waals surface area (Å²) in [6.45, 7) is 1.84. The fourth-order valence-corrected chi connectivity index (χ4v) is 4.95. The summed E-state index contributed by atoms with van der Waals surface area (Å²) in [6, 6.07) is 23.7. The van der Waals surface area contributed by atoms with Crippen molar-refractivity contribution in [1.82, 2.24) is 10.2 Å². The minimum absolute atomic E-state index is 0.0589. The molecule has 1 saturated heterocycles. The summed E-state index contributed by atoms with van der Waals surface area (Å²) in [6.07, 6.45) is 2.55. The zero-order valence-electron chi connectivity index (χ0n) is 19.4. The number of hydrogen-bond acceptors (Lipinski definition) is 3. The first-order valence-electron chi connectivity index (χ1n) is 11.8. The van der Waals surface area contributed by atoms with Crippen LogP contribution in [0.15, 0.2) is 72.8 Å². The number of benzene rings is 3. The first-order valence-corrected chi connectivity index (χ1v) is 11.8. The zero-order chi connectivity index (χ0) is 23.5. The van der Waals surface area contributed by atoms with E-state index >= 15 is 0 Å². The van der Waals surface area contributed by atoms with Gasteiger partial charge in [-0.15, -0.1) is 0 Å². The Hall–Kier alpha value is -3.80. The highest BCUT2D eigenvalue weighted by Gasteiger charge is 2.30. The first kappa shape index (κ1) is 22.0. The molecular formula is C28H29N3O3. The van der Waals surface area contributed by atoms with Gasteiger partial charge in [-0.1, -0.05) is 48.5 Å². The molecule has 6 heteroatoms. The van der Waals surface area contributed by atoms with Crippen LogP contribution in [0.25, 0.3) is 11.1 Å². The monoisotopic (exact) mass is 455 g/mol. The van der Waals surface area contributed by atoms with Gasteiger partial charge in [-0.2, -0.15) is 0 Å². The van der Waals surface area contributed by atoms with Crippen LogP contribution in [-0.2, 0) is 6.42 Å². The smallest absolute Gasteiger partial charge is 0.322 e. The van der Waals surface area contributed by atoms with Gasteiger partial charge >= 0.3 is 6.03 Å². The summed E-state index contributed by atoms with van der Waals surface area (Å²) in [7, 11) is 1.57. The summed E-state index contributed by atoms with van der Waals surface area (Å²) in [5, 5.41) is 3.17. The van der Waals surface area contributed by atoms with E-state index in [-0.39, 0.29) is 18.0 Å². The maximum atomic E-state index is 13.2. The van der Waals surface area contributed by atoms with Crippen molar-refractivity contribution in [2.24, 2.45) is 0 Å². The molecule has 1 N–H and O–H groups in total. The van der Waals surface area contributed by atoms with Crippen LogP contribution in [0.4, 0.5) is 10.5 Å². The van der Waals surface area contributed by atoms with E-state index in [1.807, 2.05) is 46.2 Å². The normalized spacial score (nSPS) is 17.3. The number of likely N-dealkylation sites (tertiary alicyclic amines) is 1. The zero-order valence-corrected chi connectivity index (χ0v) is 19.4. The van der Waals surface area contributed by atoms with Gasteiger partial charge in [0.15, 0.2) is 0 Å². The van der Waals surface area contributed by atoms with E-state index in [0.717, 1.165) is 24.9 Å². The molecule has 174 valence electrons. The molecule has 1 atom stereocenters. The highest BCUT2D eigenvalue weighted by molar-refractivity contribution is 5.97. The van der Waals surface area contributed by atoms with Crippen molar-refractivity contribution in [3.05, 3.63) is 83.9 Å². The largest absolute Gasteiger partial charge is 0.496 e. The van der Waals surface area contributed by atoms with Crippen molar-refractivity contribution in [2.75, 3.05) is 31.6 Å². The molecule has 34 heavy (non-hydrogen) atoms. The van der Waals surface area contributed by atoms with Crippen LogP contribution in [0.2, 0.25) is 0 Å². The fourth-order valence-electron chi connectivity index (χ4n) is 4.95. The summed E-state index contributed by atoms with van der Waals surface area (Å²) in [5.41, 5.74) is 5.05. The van der Waals surface area contributed by atoms with Gasteiger partial charge in [0, 0.05) is 31.4 Å². The molecule has 6 nitrogen and oxygen atoms in total. The van der Waals surface area contributed by atoms with Gasteiger partial charge < -0.3 is 15.0 Å². The maximum Gasteiger partial charge on any atom is 0.322 e. The fraction of sp³-hybridized carbons (Fsp3) is 0.286. The molecule has 0 saturated carbocycles. The Morgan fingerprint density at radius 2 is 1.74 bits per heavy atom. The topological polar surface area (TPSA) is 61.9 Å². The number of nitrogens with zero attached hydrogens (tertiary/aromatic N) is 2. The Labute approximate surface area is 200 Å². The number of amides is 3. The molecule has 3 amide bonds. The third kappa shape index (κ3) is 4.36. The average Bonchev–Trinajstić information content (AvgIpc) is 3.32. The lowest BCUT2D eigenvalue weighted by Crippen LogP contribution is -2.52. The SMILES string of the molecule is COc1ccccc1C(=O)N1CCCC(NC(=O)N2CCc3cc(-c4ccccc4)ccc32)C1. The number of anilines is 1. The predicted molar refractivity (Wildman–Crippen MR) is 133 cm³/mol. The van der Waals surface area contributed by atoms with Gasteiger partial charge in [0.1, 0.15) is 5.75 Å². The van der Waals surface area contributed by atoms with Gasteiger partial charge in [-0.05, 0) is 60.2 Å². The van der Waals surface area contributed by atoms with Crippen LogP contribution in [0.3, 0.4) is 0 Å². The maximum absolute atomic E-state index is 13.2. The van der Waals surface area contributed by atoms with Crippen LogP contribution in [0.1, 0.15) is 28.8 Å². The van der Waals surface area contributed by atoms with Crippen LogP contribution in [0.5, 0.6) is 5.75 Å². The summed E-state index contributed by atoms with van der Waals surface area (Å²) in [4.78, 5) is 29.9. The first-order chi connectivity index (χ1) is 16.6. The van der Waals surface area contributed by atoms with Gasteiger partial charge in [-0.25, -0.2) is 4.79 Å². The number of urea groups is 1. The van der Waals surface area contributed by atoms with Crippen molar-refractivity contribution < 1.29 is 14.3 Å². The molecule has 2 heterocycles. The van der Waals surface area contributed by atoms with E-state index in [1.165, 1.54) is 16.7 Å². The van der Waals surface area contributed by atoms with E-state index in [4.69, 9.17) is 4.74 Å². The van der Waals surface area contributed by atoms with Crippen LogP contribution in [-0.4, -0.2) is 49.6 Å². The molecule has 0 aromatic heterocycles. The minimum atomic E-state index is -0.0946. The summed E-state index contributed by atoms with van der Waals surface area (Å²) >= 11 is 0. The highest BCUT2D eigenvalue weighted by atomic mass is 16.5. The number of methoxy groups -OCH3 is 1. The van der Waals surface area contributed by atoms with Gasteiger partial charge in [-0.3, -0.25) is 9.69 Å². The molecule has 0 radical (unpaired) electrons. The molecule has 5 rings (SSSR count).